The number of benzene rings is 1. The van der Waals surface area contributed by atoms with Crippen molar-refractivity contribution in [3.05, 3.63) is 36.9 Å². The molecule has 5 nitrogen and oxygen atoms in total. The number of para-hydroxylation sites is 1. The van der Waals surface area contributed by atoms with Gasteiger partial charge in [0.25, 0.3) is 0 Å². The summed E-state index contributed by atoms with van der Waals surface area (Å²) in [6, 6.07) is 6.50. The number of ether oxygens (including phenoxy) is 1. The number of hydrogen-bond acceptors (Lipinski definition) is 4. The first-order valence-electron chi connectivity index (χ1n) is 5.53. The highest BCUT2D eigenvalue weighted by Gasteiger charge is 2.13. The Morgan fingerprint density at radius 1 is 1.50 bits per heavy atom. The Kier molecular flexibility index (Phi) is 5.33. The SMILES string of the molecule is C=CCOC(C)CNc1ccccc1S(N)(=O)=O. The number of nitrogens with two attached hydrogens (primary N) is 1. The standard InChI is InChI=1S/C12H18N2O3S/c1-3-8-17-10(2)9-14-11-6-4-5-7-12(11)18(13,15)16/h3-7,10,14H,1,8-9H2,2H3,(H2,13,15,16). The van der Waals surface area contributed by atoms with Crippen molar-refractivity contribution < 1.29 is 13.2 Å². The second-order valence-corrected chi connectivity index (χ2v) is 5.38. The third-order valence-electron chi connectivity index (χ3n) is 2.27. The van der Waals surface area contributed by atoms with E-state index in [1.165, 1.54) is 6.07 Å². The van der Waals surface area contributed by atoms with E-state index in [0.717, 1.165) is 0 Å². The van der Waals surface area contributed by atoms with Crippen LogP contribution in [-0.4, -0.2) is 27.7 Å². The molecule has 6 heteroatoms. The van der Waals surface area contributed by atoms with Gasteiger partial charge in [-0.3, -0.25) is 0 Å². The van der Waals surface area contributed by atoms with Crippen molar-refractivity contribution in [1.82, 2.24) is 0 Å². The minimum absolute atomic E-state index is 0.0588. The van der Waals surface area contributed by atoms with Gasteiger partial charge in [-0.05, 0) is 19.1 Å². The summed E-state index contributed by atoms with van der Waals surface area (Å²) in [5.74, 6) is 0. The molecule has 0 aliphatic rings. The quantitative estimate of drug-likeness (QED) is 0.732. The van der Waals surface area contributed by atoms with E-state index in [4.69, 9.17) is 9.88 Å². The van der Waals surface area contributed by atoms with Gasteiger partial charge in [0.2, 0.25) is 10.0 Å². The fraction of sp³-hybridized carbons (Fsp3) is 0.333. The lowest BCUT2D eigenvalue weighted by Gasteiger charge is -2.15. The Labute approximate surface area is 108 Å². The maximum atomic E-state index is 11.4. The molecule has 1 atom stereocenters. The van der Waals surface area contributed by atoms with Gasteiger partial charge in [-0.1, -0.05) is 18.2 Å². The van der Waals surface area contributed by atoms with Crippen molar-refractivity contribution in [3.63, 3.8) is 0 Å². The van der Waals surface area contributed by atoms with Crippen LogP contribution in [0.4, 0.5) is 5.69 Å². The van der Waals surface area contributed by atoms with Gasteiger partial charge in [-0.15, -0.1) is 6.58 Å². The van der Waals surface area contributed by atoms with Crippen LogP contribution in [0.2, 0.25) is 0 Å². The molecule has 100 valence electrons. The highest BCUT2D eigenvalue weighted by Crippen LogP contribution is 2.19. The van der Waals surface area contributed by atoms with Crippen LogP contribution in [0.3, 0.4) is 0 Å². The zero-order chi connectivity index (χ0) is 13.6. The Bertz CT molecular complexity index is 500. The first kappa shape index (κ1) is 14.7. The van der Waals surface area contributed by atoms with Gasteiger partial charge in [0, 0.05) is 6.54 Å². The summed E-state index contributed by atoms with van der Waals surface area (Å²) in [5.41, 5.74) is 0.481. The van der Waals surface area contributed by atoms with Crippen LogP contribution in [-0.2, 0) is 14.8 Å². The number of hydrogen-bond donors (Lipinski definition) is 2. The molecule has 0 aliphatic heterocycles. The second-order valence-electron chi connectivity index (χ2n) is 3.85. The first-order chi connectivity index (χ1) is 8.45. The summed E-state index contributed by atoms with van der Waals surface area (Å²) >= 11 is 0. The van der Waals surface area contributed by atoms with Crippen molar-refractivity contribution in [3.8, 4) is 0 Å². The number of sulfonamides is 1. The van der Waals surface area contributed by atoms with E-state index in [1.54, 1.807) is 24.3 Å². The fourth-order valence-corrected chi connectivity index (χ4v) is 2.12. The smallest absolute Gasteiger partial charge is 0.240 e. The van der Waals surface area contributed by atoms with Crippen molar-refractivity contribution >= 4 is 15.7 Å². The lowest BCUT2D eigenvalue weighted by Crippen LogP contribution is -2.22. The highest BCUT2D eigenvalue weighted by atomic mass is 32.2. The lowest BCUT2D eigenvalue weighted by molar-refractivity contribution is 0.0979. The van der Waals surface area contributed by atoms with Gasteiger partial charge < -0.3 is 10.1 Å². The molecule has 0 amide bonds. The molecule has 0 radical (unpaired) electrons. The van der Waals surface area contributed by atoms with Gasteiger partial charge in [-0.2, -0.15) is 0 Å². The number of rotatable bonds is 7. The molecule has 0 aromatic heterocycles. The summed E-state index contributed by atoms with van der Waals surface area (Å²) in [6.45, 7) is 6.39. The van der Waals surface area contributed by atoms with Crippen LogP contribution in [0.15, 0.2) is 41.8 Å². The molecule has 3 N–H and O–H groups in total. The van der Waals surface area contributed by atoms with Gasteiger partial charge in [0.1, 0.15) is 4.90 Å². The molecular formula is C12H18N2O3S. The van der Waals surface area contributed by atoms with Crippen molar-refractivity contribution in [2.75, 3.05) is 18.5 Å². The van der Waals surface area contributed by atoms with E-state index < -0.39 is 10.0 Å². The van der Waals surface area contributed by atoms with E-state index >= 15 is 0 Å². The van der Waals surface area contributed by atoms with Crippen molar-refractivity contribution in [2.24, 2.45) is 5.14 Å². The zero-order valence-electron chi connectivity index (χ0n) is 10.3. The summed E-state index contributed by atoms with van der Waals surface area (Å²) in [6.07, 6.45) is 1.60. The van der Waals surface area contributed by atoms with E-state index in [2.05, 4.69) is 11.9 Å². The lowest BCUT2D eigenvalue weighted by atomic mass is 10.3. The van der Waals surface area contributed by atoms with Crippen LogP contribution >= 0.6 is 0 Å². The van der Waals surface area contributed by atoms with Crippen LogP contribution in [0.1, 0.15) is 6.92 Å². The van der Waals surface area contributed by atoms with Crippen LogP contribution < -0.4 is 10.5 Å². The molecule has 1 unspecified atom stereocenters. The first-order valence-corrected chi connectivity index (χ1v) is 7.08. The van der Waals surface area contributed by atoms with E-state index in [9.17, 15) is 8.42 Å². The van der Waals surface area contributed by atoms with Crippen molar-refractivity contribution in [1.29, 1.82) is 0 Å². The van der Waals surface area contributed by atoms with E-state index in [1.807, 2.05) is 6.92 Å². The minimum Gasteiger partial charge on any atom is -0.381 e. The van der Waals surface area contributed by atoms with E-state index in [-0.39, 0.29) is 11.0 Å². The topological polar surface area (TPSA) is 81.4 Å². The maximum Gasteiger partial charge on any atom is 0.240 e. The Morgan fingerprint density at radius 2 is 2.17 bits per heavy atom. The maximum absolute atomic E-state index is 11.4. The molecule has 0 heterocycles. The van der Waals surface area contributed by atoms with Gasteiger partial charge in [-0.25, -0.2) is 13.6 Å². The summed E-state index contributed by atoms with van der Waals surface area (Å²) in [4.78, 5) is 0.0842. The molecule has 0 saturated carbocycles. The average molecular weight is 270 g/mol. The largest absolute Gasteiger partial charge is 0.381 e. The molecule has 1 aromatic carbocycles. The summed E-state index contributed by atoms with van der Waals surface area (Å²) in [5, 5.41) is 8.14. The number of primary sulfonamides is 1. The third-order valence-corrected chi connectivity index (χ3v) is 3.24. The predicted octanol–water partition coefficient (Wildman–Crippen LogP) is 1.34. The minimum atomic E-state index is -3.72. The zero-order valence-corrected chi connectivity index (χ0v) is 11.1. The summed E-state index contributed by atoms with van der Waals surface area (Å²) < 4.78 is 28.1. The number of anilines is 1. The third kappa shape index (κ3) is 4.48. The molecule has 0 aliphatic carbocycles. The average Bonchev–Trinajstić information content (AvgIpc) is 2.33. The fourth-order valence-electron chi connectivity index (χ4n) is 1.41. The molecule has 1 aromatic rings. The van der Waals surface area contributed by atoms with Gasteiger partial charge >= 0.3 is 0 Å². The Balaban J connectivity index is 2.71. The molecule has 0 bridgehead atoms. The van der Waals surface area contributed by atoms with E-state index in [0.29, 0.717) is 18.8 Å². The second kappa shape index (κ2) is 6.53. The molecule has 18 heavy (non-hydrogen) atoms. The highest BCUT2D eigenvalue weighted by molar-refractivity contribution is 7.89. The molecular weight excluding hydrogens is 252 g/mol. The molecule has 1 rings (SSSR count). The molecule has 0 fully saturated rings. The monoisotopic (exact) mass is 270 g/mol. The summed E-state index contributed by atoms with van der Waals surface area (Å²) in [7, 11) is -3.72. The van der Waals surface area contributed by atoms with Crippen molar-refractivity contribution in [2.45, 2.75) is 17.9 Å². The van der Waals surface area contributed by atoms with Crippen LogP contribution in [0.5, 0.6) is 0 Å². The predicted molar refractivity (Wildman–Crippen MR) is 71.9 cm³/mol. The van der Waals surface area contributed by atoms with Gasteiger partial charge in [0.15, 0.2) is 0 Å². The Hall–Kier alpha value is -1.37. The van der Waals surface area contributed by atoms with Crippen LogP contribution in [0.25, 0.3) is 0 Å². The van der Waals surface area contributed by atoms with Gasteiger partial charge in [0.05, 0.1) is 18.4 Å². The number of nitrogens with one attached hydrogen (secondary N) is 1. The molecule has 0 spiro atoms. The molecule has 0 saturated heterocycles. The van der Waals surface area contributed by atoms with Crippen LogP contribution in [0, 0.1) is 0 Å². The normalized spacial score (nSPS) is 13.0. The Morgan fingerprint density at radius 3 is 2.78 bits per heavy atom.